The average molecular weight is 199 g/mol. The Morgan fingerprint density at radius 1 is 1.21 bits per heavy atom. The van der Waals surface area contributed by atoms with Gasteiger partial charge in [-0.2, -0.15) is 0 Å². The van der Waals surface area contributed by atoms with E-state index in [-0.39, 0.29) is 11.8 Å². The molecule has 84 valence electrons. The van der Waals surface area contributed by atoms with Crippen molar-refractivity contribution in [3.63, 3.8) is 0 Å². The molecule has 0 heterocycles. The van der Waals surface area contributed by atoms with Crippen LogP contribution in [0.15, 0.2) is 0 Å². The number of hydrogen-bond acceptors (Lipinski definition) is 2. The Kier molecular flexibility index (Phi) is 6.81. The third-order valence-corrected chi connectivity index (χ3v) is 2.77. The molecule has 0 aromatic rings. The van der Waals surface area contributed by atoms with Gasteiger partial charge in [-0.1, -0.05) is 19.8 Å². The van der Waals surface area contributed by atoms with Gasteiger partial charge in [0.25, 0.3) is 0 Å². The van der Waals surface area contributed by atoms with Crippen LogP contribution in [0.25, 0.3) is 0 Å². The van der Waals surface area contributed by atoms with Crippen molar-refractivity contribution < 1.29 is 4.79 Å². The molecule has 0 aliphatic heterocycles. The summed E-state index contributed by atoms with van der Waals surface area (Å²) >= 11 is 0. The van der Waals surface area contributed by atoms with Crippen LogP contribution < -0.4 is 0 Å². The minimum Gasteiger partial charge on any atom is -0.298 e. The van der Waals surface area contributed by atoms with Gasteiger partial charge in [0.15, 0.2) is 0 Å². The molecule has 1 atom stereocenters. The van der Waals surface area contributed by atoms with Crippen LogP contribution in [0.1, 0.15) is 53.9 Å². The van der Waals surface area contributed by atoms with Crippen LogP contribution in [0, 0.1) is 0 Å². The maximum atomic E-state index is 11.3. The number of hydrogen-bond donors (Lipinski definition) is 0. The largest absolute Gasteiger partial charge is 0.298 e. The molecule has 0 amide bonds. The van der Waals surface area contributed by atoms with E-state index in [0.717, 1.165) is 6.54 Å². The summed E-state index contributed by atoms with van der Waals surface area (Å²) in [7, 11) is 0. The Hall–Kier alpha value is -0.370. The number of nitrogens with zero attached hydrogens (tertiary/aromatic N) is 1. The zero-order valence-corrected chi connectivity index (χ0v) is 10.3. The van der Waals surface area contributed by atoms with Crippen molar-refractivity contribution in [2.24, 2.45) is 0 Å². The van der Waals surface area contributed by atoms with Gasteiger partial charge in [-0.15, -0.1) is 0 Å². The maximum absolute atomic E-state index is 11.3. The Morgan fingerprint density at radius 2 is 1.79 bits per heavy atom. The lowest BCUT2D eigenvalue weighted by molar-refractivity contribution is -0.122. The fourth-order valence-electron chi connectivity index (χ4n) is 1.68. The van der Waals surface area contributed by atoms with Gasteiger partial charge in [0.1, 0.15) is 5.78 Å². The number of unbranched alkanes of at least 4 members (excludes halogenated alkanes) is 2. The predicted octanol–water partition coefficient (Wildman–Crippen LogP) is 2.86. The fraction of sp³-hybridized carbons (Fsp3) is 0.917. The van der Waals surface area contributed by atoms with Crippen molar-refractivity contribution in [1.82, 2.24) is 4.90 Å². The SMILES string of the molecule is CCCCCN(C(C)C)C(C)C(C)=O. The van der Waals surface area contributed by atoms with E-state index in [1.165, 1.54) is 19.3 Å². The highest BCUT2D eigenvalue weighted by Crippen LogP contribution is 2.09. The highest BCUT2D eigenvalue weighted by Gasteiger charge is 2.19. The van der Waals surface area contributed by atoms with E-state index in [1.807, 2.05) is 6.92 Å². The van der Waals surface area contributed by atoms with Gasteiger partial charge in [-0.3, -0.25) is 9.69 Å². The summed E-state index contributed by atoms with van der Waals surface area (Å²) in [6.45, 7) is 11.3. The standard InChI is InChI=1S/C12H25NO/c1-6-7-8-9-13(10(2)3)11(4)12(5)14/h10-11H,6-9H2,1-5H3. The monoisotopic (exact) mass is 199 g/mol. The molecule has 0 saturated carbocycles. The molecule has 2 nitrogen and oxygen atoms in total. The van der Waals surface area contributed by atoms with Gasteiger partial charge in [-0.25, -0.2) is 0 Å². The second-order valence-electron chi connectivity index (χ2n) is 4.33. The second kappa shape index (κ2) is 6.99. The molecule has 0 aliphatic rings. The van der Waals surface area contributed by atoms with Crippen LogP contribution >= 0.6 is 0 Å². The first-order valence-electron chi connectivity index (χ1n) is 5.76. The first kappa shape index (κ1) is 13.6. The Morgan fingerprint density at radius 3 is 2.14 bits per heavy atom. The molecule has 0 rings (SSSR count). The van der Waals surface area contributed by atoms with Crippen LogP contribution in [0.3, 0.4) is 0 Å². The van der Waals surface area contributed by atoms with E-state index in [9.17, 15) is 4.79 Å². The number of carbonyl (C=O) groups excluding carboxylic acids is 1. The summed E-state index contributed by atoms with van der Waals surface area (Å²) in [4.78, 5) is 13.6. The molecule has 2 heteroatoms. The summed E-state index contributed by atoms with van der Waals surface area (Å²) in [5.41, 5.74) is 0. The number of carbonyl (C=O) groups is 1. The van der Waals surface area contributed by atoms with E-state index in [2.05, 4.69) is 25.7 Å². The number of Topliss-reactive ketones (excluding diaryl/α,β-unsaturated/α-hetero) is 1. The van der Waals surface area contributed by atoms with Crippen molar-refractivity contribution >= 4 is 5.78 Å². The molecule has 0 saturated heterocycles. The van der Waals surface area contributed by atoms with Crippen molar-refractivity contribution in [2.45, 2.75) is 66.0 Å². The molecule has 14 heavy (non-hydrogen) atoms. The normalized spacial score (nSPS) is 13.6. The van der Waals surface area contributed by atoms with E-state index in [0.29, 0.717) is 6.04 Å². The smallest absolute Gasteiger partial charge is 0.146 e. The van der Waals surface area contributed by atoms with Gasteiger partial charge < -0.3 is 0 Å². The summed E-state index contributed by atoms with van der Waals surface area (Å²) in [5, 5.41) is 0. The topological polar surface area (TPSA) is 20.3 Å². The van der Waals surface area contributed by atoms with Gasteiger partial charge >= 0.3 is 0 Å². The third-order valence-electron chi connectivity index (χ3n) is 2.77. The molecule has 1 unspecified atom stereocenters. The lowest BCUT2D eigenvalue weighted by Gasteiger charge is -2.31. The van der Waals surface area contributed by atoms with Crippen LogP contribution in [0.2, 0.25) is 0 Å². The van der Waals surface area contributed by atoms with E-state index >= 15 is 0 Å². The van der Waals surface area contributed by atoms with Crippen LogP contribution in [-0.2, 0) is 4.79 Å². The predicted molar refractivity (Wildman–Crippen MR) is 61.5 cm³/mol. The van der Waals surface area contributed by atoms with Crippen LogP contribution in [0.4, 0.5) is 0 Å². The molecule has 0 aromatic heterocycles. The van der Waals surface area contributed by atoms with E-state index < -0.39 is 0 Å². The maximum Gasteiger partial charge on any atom is 0.146 e. The molecular formula is C12H25NO. The molecule has 0 aromatic carbocycles. The Labute approximate surface area is 88.7 Å². The summed E-state index contributed by atoms with van der Waals surface area (Å²) in [6.07, 6.45) is 3.69. The zero-order valence-electron chi connectivity index (χ0n) is 10.3. The van der Waals surface area contributed by atoms with Crippen LogP contribution in [-0.4, -0.2) is 29.3 Å². The number of ketones is 1. The summed E-state index contributed by atoms with van der Waals surface area (Å²) in [6, 6.07) is 0.539. The van der Waals surface area contributed by atoms with E-state index in [4.69, 9.17) is 0 Å². The summed E-state index contributed by atoms with van der Waals surface area (Å²) in [5.74, 6) is 0.273. The average Bonchev–Trinajstić information content (AvgIpc) is 2.10. The molecule has 0 fully saturated rings. The molecule has 0 N–H and O–H groups in total. The van der Waals surface area contributed by atoms with Crippen molar-refractivity contribution in [3.8, 4) is 0 Å². The van der Waals surface area contributed by atoms with Crippen molar-refractivity contribution in [3.05, 3.63) is 0 Å². The van der Waals surface area contributed by atoms with Gasteiger partial charge in [-0.05, 0) is 40.7 Å². The quantitative estimate of drug-likeness (QED) is 0.588. The van der Waals surface area contributed by atoms with Gasteiger partial charge in [0.05, 0.1) is 6.04 Å². The van der Waals surface area contributed by atoms with Gasteiger partial charge in [0, 0.05) is 6.04 Å². The molecule has 0 bridgehead atoms. The Balaban J connectivity index is 4.08. The molecule has 0 spiro atoms. The number of rotatable bonds is 7. The van der Waals surface area contributed by atoms with Crippen molar-refractivity contribution in [1.29, 1.82) is 0 Å². The fourth-order valence-corrected chi connectivity index (χ4v) is 1.68. The van der Waals surface area contributed by atoms with Crippen molar-refractivity contribution in [2.75, 3.05) is 6.54 Å². The van der Waals surface area contributed by atoms with E-state index in [1.54, 1.807) is 6.92 Å². The highest BCUT2D eigenvalue weighted by atomic mass is 16.1. The molecular weight excluding hydrogens is 174 g/mol. The summed E-state index contributed by atoms with van der Waals surface area (Å²) < 4.78 is 0. The minimum absolute atomic E-state index is 0.0758. The lowest BCUT2D eigenvalue weighted by Crippen LogP contribution is -2.43. The first-order valence-corrected chi connectivity index (χ1v) is 5.76. The lowest BCUT2D eigenvalue weighted by atomic mass is 10.1. The Bertz CT molecular complexity index is 166. The molecule has 0 aliphatic carbocycles. The molecule has 0 radical (unpaired) electrons. The first-order chi connectivity index (χ1) is 6.50. The third kappa shape index (κ3) is 4.75. The highest BCUT2D eigenvalue weighted by molar-refractivity contribution is 5.80. The van der Waals surface area contributed by atoms with Gasteiger partial charge in [0.2, 0.25) is 0 Å². The second-order valence-corrected chi connectivity index (χ2v) is 4.33. The zero-order chi connectivity index (χ0) is 11.1. The van der Waals surface area contributed by atoms with Crippen LogP contribution in [0.5, 0.6) is 0 Å². The minimum atomic E-state index is 0.0758.